The molecule has 0 aromatic rings. The minimum Gasteiger partial charge on any atom is -0.380 e. The Morgan fingerprint density at radius 3 is 2.92 bits per heavy atom. The highest BCUT2D eigenvalue weighted by Crippen LogP contribution is 2.28. The maximum atomic E-state index is 5.66. The van der Waals surface area contributed by atoms with Gasteiger partial charge in [0.25, 0.3) is 0 Å². The van der Waals surface area contributed by atoms with Crippen molar-refractivity contribution >= 4 is 23.2 Å². The van der Waals surface area contributed by atoms with Gasteiger partial charge in [0.15, 0.2) is 0 Å². The van der Waals surface area contributed by atoms with Crippen LogP contribution in [0.2, 0.25) is 0 Å². The second-order valence-electron chi connectivity index (χ2n) is 3.25. The monoisotopic (exact) mass is 223 g/mol. The molecule has 0 heterocycles. The average Bonchev–Trinajstić information content (AvgIpc) is 2.94. The third-order valence-electron chi connectivity index (χ3n) is 1.89. The van der Waals surface area contributed by atoms with Gasteiger partial charge in [-0.05, 0) is 18.8 Å². The van der Waals surface area contributed by atoms with E-state index in [1.54, 1.807) is 0 Å². The predicted octanol–water partition coefficient (Wildman–Crippen LogP) is 2.32. The molecule has 4 heteroatoms. The van der Waals surface area contributed by atoms with Crippen LogP contribution in [0.1, 0.15) is 12.8 Å². The maximum absolute atomic E-state index is 5.66. The van der Waals surface area contributed by atoms with Crippen molar-refractivity contribution in [2.45, 2.75) is 12.8 Å². The highest BCUT2D eigenvalue weighted by atomic mass is 35.5. The van der Waals surface area contributed by atoms with Crippen molar-refractivity contribution < 1.29 is 4.74 Å². The van der Waals surface area contributed by atoms with E-state index in [1.165, 1.54) is 18.4 Å². The van der Waals surface area contributed by atoms with E-state index in [0.29, 0.717) is 11.6 Å². The summed E-state index contributed by atoms with van der Waals surface area (Å²) in [5, 5.41) is 3.75. The molecule has 0 bridgehead atoms. The lowest BCUT2D eigenvalue weighted by Crippen LogP contribution is -2.21. The van der Waals surface area contributed by atoms with E-state index < -0.39 is 0 Å². The Bertz CT molecular complexity index is 169. The molecule has 0 radical (unpaired) electrons. The Kier molecular flexibility index (Phi) is 5.80. The standard InChI is InChI=1S/C9H15Cl2NO/c10-5-9(11)6-12-3-4-13-7-8-1-2-8/h5,8,12H,1-4,6-7H2/b9-5+. The third-order valence-corrected chi connectivity index (χ3v) is 2.50. The van der Waals surface area contributed by atoms with E-state index in [0.717, 1.165) is 25.7 Å². The molecule has 0 unspecified atom stereocenters. The summed E-state index contributed by atoms with van der Waals surface area (Å²) in [5.74, 6) is 0.839. The molecule has 0 atom stereocenters. The molecule has 0 amide bonds. The first-order valence-electron chi connectivity index (χ1n) is 4.56. The van der Waals surface area contributed by atoms with Crippen LogP contribution in [0, 0.1) is 5.92 Å². The second kappa shape index (κ2) is 6.66. The summed E-state index contributed by atoms with van der Waals surface area (Å²) in [6.07, 6.45) is 2.68. The highest BCUT2D eigenvalue weighted by molar-refractivity contribution is 6.36. The van der Waals surface area contributed by atoms with Crippen molar-refractivity contribution in [1.29, 1.82) is 0 Å². The van der Waals surface area contributed by atoms with Gasteiger partial charge in [0, 0.05) is 30.3 Å². The fourth-order valence-electron chi connectivity index (χ4n) is 0.925. The van der Waals surface area contributed by atoms with Crippen LogP contribution in [-0.4, -0.2) is 26.3 Å². The van der Waals surface area contributed by atoms with Gasteiger partial charge in [0.1, 0.15) is 0 Å². The largest absolute Gasteiger partial charge is 0.380 e. The molecule has 1 rings (SSSR count). The van der Waals surface area contributed by atoms with Gasteiger partial charge in [-0.25, -0.2) is 0 Å². The molecule has 0 aromatic heterocycles. The Hall–Kier alpha value is 0.240. The Morgan fingerprint density at radius 1 is 1.54 bits per heavy atom. The van der Waals surface area contributed by atoms with Crippen LogP contribution in [0.15, 0.2) is 10.6 Å². The fraction of sp³-hybridized carbons (Fsp3) is 0.778. The average molecular weight is 224 g/mol. The van der Waals surface area contributed by atoms with Gasteiger partial charge in [-0.2, -0.15) is 0 Å². The van der Waals surface area contributed by atoms with Crippen molar-refractivity contribution in [2.24, 2.45) is 5.92 Å². The summed E-state index contributed by atoms with van der Waals surface area (Å²) >= 11 is 11.0. The van der Waals surface area contributed by atoms with Crippen LogP contribution < -0.4 is 5.32 Å². The van der Waals surface area contributed by atoms with Crippen molar-refractivity contribution in [1.82, 2.24) is 5.32 Å². The number of hydrogen-bond donors (Lipinski definition) is 1. The molecule has 0 aromatic carbocycles. The van der Waals surface area contributed by atoms with E-state index >= 15 is 0 Å². The van der Waals surface area contributed by atoms with Gasteiger partial charge < -0.3 is 10.1 Å². The van der Waals surface area contributed by atoms with E-state index in [2.05, 4.69) is 5.32 Å². The lowest BCUT2D eigenvalue weighted by atomic mass is 10.5. The van der Waals surface area contributed by atoms with Crippen molar-refractivity contribution in [3.05, 3.63) is 10.6 Å². The van der Waals surface area contributed by atoms with Gasteiger partial charge in [0.2, 0.25) is 0 Å². The lowest BCUT2D eigenvalue weighted by Gasteiger charge is -2.04. The molecule has 1 fully saturated rings. The molecule has 1 N–H and O–H groups in total. The Balaban J connectivity index is 1.77. The fourth-order valence-corrected chi connectivity index (χ4v) is 1.10. The summed E-state index contributed by atoms with van der Waals surface area (Å²) in [4.78, 5) is 0. The van der Waals surface area contributed by atoms with E-state index in [4.69, 9.17) is 27.9 Å². The van der Waals surface area contributed by atoms with Gasteiger partial charge in [-0.15, -0.1) is 0 Å². The molecule has 1 saturated carbocycles. The SMILES string of the molecule is Cl/C=C(/Cl)CNCCOCC1CC1. The van der Waals surface area contributed by atoms with Gasteiger partial charge in [-0.3, -0.25) is 0 Å². The minimum absolute atomic E-state index is 0.623. The quantitative estimate of drug-likeness (QED) is 0.670. The molecule has 1 aliphatic carbocycles. The van der Waals surface area contributed by atoms with Gasteiger partial charge in [-0.1, -0.05) is 23.2 Å². The first kappa shape index (κ1) is 11.3. The Labute approximate surface area is 89.2 Å². The third kappa shape index (κ3) is 6.33. The molecule has 76 valence electrons. The molecular formula is C9H15Cl2NO. The number of ether oxygens (including phenoxy) is 1. The molecule has 0 aliphatic heterocycles. The Morgan fingerprint density at radius 2 is 2.31 bits per heavy atom. The molecule has 2 nitrogen and oxygen atoms in total. The maximum Gasteiger partial charge on any atom is 0.0591 e. The molecule has 0 saturated heterocycles. The first-order chi connectivity index (χ1) is 6.33. The van der Waals surface area contributed by atoms with Crippen LogP contribution >= 0.6 is 23.2 Å². The summed E-state index contributed by atoms with van der Waals surface area (Å²) in [7, 11) is 0. The van der Waals surface area contributed by atoms with E-state index in [9.17, 15) is 0 Å². The van der Waals surface area contributed by atoms with Crippen LogP contribution in [0.5, 0.6) is 0 Å². The zero-order valence-electron chi connectivity index (χ0n) is 7.56. The van der Waals surface area contributed by atoms with Crippen molar-refractivity contribution in [2.75, 3.05) is 26.3 Å². The summed E-state index contributed by atoms with van der Waals surface area (Å²) in [5.41, 5.74) is 1.37. The van der Waals surface area contributed by atoms with Crippen molar-refractivity contribution in [3.63, 3.8) is 0 Å². The predicted molar refractivity (Wildman–Crippen MR) is 56.2 cm³/mol. The lowest BCUT2D eigenvalue weighted by molar-refractivity contribution is 0.127. The van der Waals surface area contributed by atoms with Crippen molar-refractivity contribution in [3.8, 4) is 0 Å². The summed E-state index contributed by atoms with van der Waals surface area (Å²) in [6, 6.07) is 0. The van der Waals surface area contributed by atoms with Gasteiger partial charge in [0.05, 0.1) is 6.61 Å². The first-order valence-corrected chi connectivity index (χ1v) is 5.37. The minimum atomic E-state index is 0.623. The molecule has 0 spiro atoms. The van der Waals surface area contributed by atoms with E-state index in [-0.39, 0.29) is 0 Å². The van der Waals surface area contributed by atoms with Crippen LogP contribution in [0.25, 0.3) is 0 Å². The highest BCUT2D eigenvalue weighted by Gasteiger charge is 2.20. The number of rotatable bonds is 7. The number of halogens is 2. The van der Waals surface area contributed by atoms with Gasteiger partial charge >= 0.3 is 0 Å². The molecule has 13 heavy (non-hydrogen) atoms. The zero-order chi connectivity index (χ0) is 9.52. The smallest absolute Gasteiger partial charge is 0.0591 e. The topological polar surface area (TPSA) is 21.3 Å². The van der Waals surface area contributed by atoms with E-state index in [1.807, 2.05) is 0 Å². The zero-order valence-corrected chi connectivity index (χ0v) is 9.07. The van der Waals surface area contributed by atoms with Crippen LogP contribution in [0.3, 0.4) is 0 Å². The summed E-state index contributed by atoms with van der Waals surface area (Å²) in [6.45, 7) is 3.12. The second-order valence-corrected chi connectivity index (χ2v) is 3.95. The summed E-state index contributed by atoms with van der Waals surface area (Å²) < 4.78 is 5.41. The van der Waals surface area contributed by atoms with Crippen LogP contribution in [0.4, 0.5) is 0 Å². The van der Waals surface area contributed by atoms with Crippen LogP contribution in [-0.2, 0) is 4.74 Å². The number of nitrogens with one attached hydrogen (secondary N) is 1. The number of hydrogen-bond acceptors (Lipinski definition) is 2. The molecular weight excluding hydrogens is 209 g/mol. The normalized spacial score (nSPS) is 17.8. The molecule has 1 aliphatic rings.